The lowest BCUT2D eigenvalue weighted by molar-refractivity contribution is -0.147. The van der Waals surface area contributed by atoms with E-state index in [-0.39, 0.29) is 38.6 Å². The number of nitrogens with one attached hydrogen (secondary N) is 8. The number of hydrogen-bond acceptors (Lipinski definition) is 17. The van der Waals surface area contributed by atoms with Crippen molar-refractivity contribution in [2.24, 2.45) is 34.8 Å². The Morgan fingerprint density at radius 3 is 1.60 bits per heavy atom. The van der Waals surface area contributed by atoms with Crippen LogP contribution in [0.1, 0.15) is 91.9 Å². The molecule has 1 heterocycles. The summed E-state index contributed by atoms with van der Waals surface area (Å²) in [5.74, 6) is -19.0. The number of nitrogens with two attached hydrogens (primary N) is 4. The Labute approximate surface area is 428 Å². The SMILES string of the molecule is CC[C@H](C)[C@H](NC(=O)[C@H](CC(=O)O)NC(=O)[C@@H]1CCCN1C(=O)[C@H](CO)NC(=O)[C@@H](N)CCC(N)=O)C(=O)N[C@@H](CC(N)=O)C(=O)N[C@@H](CCC(N)=O)C(=O)NCC(=O)N[C@H](C(=O)N[C@@H](CC(=O)O)C(=O)O)C(C)C. The van der Waals surface area contributed by atoms with Gasteiger partial charge >= 0.3 is 17.9 Å². The van der Waals surface area contributed by atoms with E-state index >= 15 is 0 Å². The number of carbonyl (C=O) groups excluding carboxylic acids is 12. The van der Waals surface area contributed by atoms with Gasteiger partial charge in [-0.25, -0.2) is 4.79 Å². The van der Waals surface area contributed by atoms with Crippen molar-refractivity contribution in [1.29, 1.82) is 0 Å². The minimum Gasteiger partial charge on any atom is -0.481 e. The molecular weight excluding hydrogens is 1000 g/mol. The van der Waals surface area contributed by atoms with Crippen molar-refractivity contribution in [3.05, 3.63) is 0 Å². The van der Waals surface area contributed by atoms with Crippen LogP contribution in [-0.4, -0.2) is 188 Å². The van der Waals surface area contributed by atoms with Crippen molar-refractivity contribution < 1.29 is 92.3 Å². The number of aliphatic hydroxyl groups excluding tert-OH is 1. The predicted octanol–water partition coefficient (Wildman–Crippen LogP) is -8.05. The zero-order valence-corrected chi connectivity index (χ0v) is 41.7. The van der Waals surface area contributed by atoms with E-state index in [9.17, 15) is 87.2 Å². The Balaban J connectivity index is 3.30. The van der Waals surface area contributed by atoms with Gasteiger partial charge in [0.1, 0.15) is 48.3 Å². The van der Waals surface area contributed by atoms with Crippen molar-refractivity contribution in [3.63, 3.8) is 0 Å². The van der Waals surface area contributed by atoms with Crippen LogP contribution >= 0.6 is 0 Å². The van der Waals surface area contributed by atoms with Gasteiger partial charge in [0.2, 0.25) is 70.9 Å². The van der Waals surface area contributed by atoms with Crippen molar-refractivity contribution in [2.45, 2.75) is 146 Å². The smallest absolute Gasteiger partial charge is 0.326 e. The molecule has 0 aromatic heterocycles. The number of carboxylic acids is 3. The van der Waals surface area contributed by atoms with E-state index in [1.807, 2.05) is 5.32 Å². The standard InChI is InChI=1S/C43H69N13O19/c1-5-19(4)34(55-38(69)23(14-31(62)63)50-39(70)26-7-6-12-56(26)42(73)25(17-57)53-35(66)20(44)8-10-27(45)58)41(72)51-22(13-29(47)60)37(68)49-21(9-11-28(46)59)36(67)48-16-30(61)54-33(18(2)3)40(71)52-24(43(74)75)15-32(64)65/h18-26,33-34,57H,5-17,44H2,1-4H3,(H2,45,58)(H2,46,59)(H2,47,60)(H,48,67)(H,49,68)(H,50,70)(H,51,72)(H,52,71)(H,53,66)(H,54,61)(H,55,69)(H,62,63)(H,64,65)(H,74,75)/t19-,20-,21-,22-,23-,24-,25-,26-,33-,34-/m0/s1. The van der Waals surface area contributed by atoms with Crippen molar-refractivity contribution >= 4 is 88.8 Å². The molecule has 1 aliphatic rings. The molecular formula is C43H69N13O19. The van der Waals surface area contributed by atoms with Crippen LogP contribution in [0.5, 0.6) is 0 Å². The second-order valence-electron chi connectivity index (χ2n) is 17.9. The molecule has 1 fully saturated rings. The molecule has 75 heavy (non-hydrogen) atoms. The van der Waals surface area contributed by atoms with Crippen molar-refractivity contribution in [2.75, 3.05) is 19.7 Å². The molecule has 12 amide bonds. The summed E-state index contributed by atoms with van der Waals surface area (Å²) in [5, 5.41) is 55.7. The second-order valence-corrected chi connectivity index (χ2v) is 17.9. The topological polar surface area (TPSA) is 541 Å². The van der Waals surface area contributed by atoms with E-state index in [0.717, 1.165) is 4.90 Å². The van der Waals surface area contributed by atoms with E-state index in [1.54, 1.807) is 6.92 Å². The van der Waals surface area contributed by atoms with E-state index < -0.39 is 200 Å². The summed E-state index contributed by atoms with van der Waals surface area (Å²) in [6.45, 7) is 4.05. The van der Waals surface area contributed by atoms with Gasteiger partial charge < -0.3 is 90.8 Å². The largest absolute Gasteiger partial charge is 0.481 e. The highest BCUT2D eigenvalue weighted by Crippen LogP contribution is 2.20. The molecule has 1 saturated heterocycles. The molecule has 420 valence electrons. The fraction of sp³-hybridized carbons (Fsp3) is 0.651. The summed E-state index contributed by atoms with van der Waals surface area (Å²) >= 11 is 0. The maximum Gasteiger partial charge on any atom is 0.326 e. The minimum atomic E-state index is -1.92. The summed E-state index contributed by atoms with van der Waals surface area (Å²) in [7, 11) is 0. The third kappa shape index (κ3) is 22.7. The molecule has 0 bridgehead atoms. The Hall–Kier alpha value is -8.03. The number of amides is 12. The number of rotatable bonds is 34. The number of likely N-dealkylation sites (tertiary alicyclic amines) is 1. The number of primary amides is 3. The van der Waals surface area contributed by atoms with Crippen LogP contribution in [0.2, 0.25) is 0 Å². The first kappa shape index (κ1) is 65.0. The van der Waals surface area contributed by atoms with Gasteiger partial charge in [-0.1, -0.05) is 34.1 Å². The lowest BCUT2D eigenvalue weighted by Gasteiger charge is -2.30. The van der Waals surface area contributed by atoms with Gasteiger partial charge in [0.25, 0.3) is 0 Å². The number of aliphatic carboxylic acids is 3. The molecule has 0 radical (unpaired) electrons. The second kappa shape index (κ2) is 31.5. The van der Waals surface area contributed by atoms with Gasteiger partial charge in [0.15, 0.2) is 0 Å². The van der Waals surface area contributed by atoms with Crippen LogP contribution in [0, 0.1) is 11.8 Å². The van der Waals surface area contributed by atoms with Gasteiger partial charge in [-0.3, -0.25) is 67.1 Å². The van der Waals surface area contributed by atoms with Gasteiger partial charge in [-0.15, -0.1) is 0 Å². The lowest BCUT2D eigenvalue weighted by atomic mass is 9.97. The number of aliphatic hydroxyl groups is 1. The molecule has 32 heteroatoms. The van der Waals surface area contributed by atoms with Crippen molar-refractivity contribution in [3.8, 4) is 0 Å². The molecule has 1 rings (SSSR count). The Morgan fingerprint density at radius 2 is 1.08 bits per heavy atom. The monoisotopic (exact) mass is 1070 g/mol. The van der Waals surface area contributed by atoms with E-state index in [2.05, 4.69) is 37.2 Å². The molecule has 0 spiro atoms. The normalized spacial score (nSPS) is 16.6. The summed E-state index contributed by atoms with van der Waals surface area (Å²) in [4.78, 5) is 191. The number of nitrogens with zero attached hydrogens (tertiary/aromatic N) is 1. The van der Waals surface area contributed by atoms with E-state index in [4.69, 9.17) is 28.0 Å². The predicted molar refractivity (Wildman–Crippen MR) is 253 cm³/mol. The number of carboxylic acid groups (broad SMARTS) is 3. The fourth-order valence-electron chi connectivity index (χ4n) is 7.19. The Bertz CT molecular complexity index is 2160. The Morgan fingerprint density at radius 1 is 0.573 bits per heavy atom. The highest BCUT2D eigenvalue weighted by molar-refractivity contribution is 6.00. The first-order valence-electron chi connectivity index (χ1n) is 23.5. The highest BCUT2D eigenvalue weighted by atomic mass is 16.4. The average Bonchev–Trinajstić information content (AvgIpc) is 3.82. The highest BCUT2D eigenvalue weighted by Gasteiger charge is 2.41. The molecule has 20 N–H and O–H groups in total. The third-order valence-corrected chi connectivity index (χ3v) is 11.5. The van der Waals surface area contributed by atoms with Crippen LogP contribution in [0.15, 0.2) is 0 Å². The zero-order valence-electron chi connectivity index (χ0n) is 41.7. The van der Waals surface area contributed by atoms with Gasteiger partial charge in [-0.05, 0) is 37.5 Å². The summed E-state index contributed by atoms with van der Waals surface area (Å²) in [6, 6.07) is -14.7. The van der Waals surface area contributed by atoms with E-state index in [1.165, 1.54) is 20.8 Å². The van der Waals surface area contributed by atoms with E-state index in [0.29, 0.717) is 0 Å². The van der Waals surface area contributed by atoms with Crippen molar-refractivity contribution in [1.82, 2.24) is 47.4 Å². The molecule has 10 atom stereocenters. The first-order chi connectivity index (χ1) is 34.9. The molecule has 0 aromatic carbocycles. The first-order valence-corrected chi connectivity index (χ1v) is 23.5. The molecule has 32 nitrogen and oxygen atoms in total. The minimum absolute atomic E-state index is 0.0136. The maximum atomic E-state index is 13.9. The van der Waals surface area contributed by atoms with Crippen LogP contribution in [0.25, 0.3) is 0 Å². The Kier molecular flexibility index (Phi) is 27.3. The number of hydrogen-bond donors (Lipinski definition) is 16. The summed E-state index contributed by atoms with van der Waals surface area (Å²) in [5.41, 5.74) is 21.5. The maximum absolute atomic E-state index is 13.9. The molecule has 0 aromatic rings. The zero-order chi connectivity index (χ0) is 57.4. The van der Waals surface area contributed by atoms with Crippen LogP contribution < -0.4 is 65.5 Å². The van der Waals surface area contributed by atoms with Gasteiger partial charge in [0.05, 0.1) is 38.5 Å². The molecule has 1 aliphatic heterocycles. The fourth-order valence-corrected chi connectivity index (χ4v) is 7.19. The molecule has 0 saturated carbocycles. The van der Waals surface area contributed by atoms with Gasteiger partial charge in [0, 0.05) is 19.4 Å². The quantitative estimate of drug-likeness (QED) is 0.0285. The van der Waals surface area contributed by atoms with Crippen LogP contribution in [0.4, 0.5) is 0 Å². The van der Waals surface area contributed by atoms with Crippen LogP contribution in [-0.2, 0) is 71.9 Å². The molecule has 0 aliphatic carbocycles. The summed E-state index contributed by atoms with van der Waals surface area (Å²) < 4.78 is 0. The summed E-state index contributed by atoms with van der Waals surface area (Å²) in [6.07, 6.45) is -4.15. The lowest BCUT2D eigenvalue weighted by Crippen LogP contribution is -2.61. The number of carbonyl (C=O) groups is 15. The molecule has 0 unspecified atom stereocenters. The third-order valence-electron chi connectivity index (χ3n) is 11.5. The average molecular weight is 1070 g/mol. The van der Waals surface area contributed by atoms with Gasteiger partial charge in [-0.2, -0.15) is 0 Å². The van der Waals surface area contributed by atoms with Crippen LogP contribution in [0.3, 0.4) is 0 Å².